The van der Waals surface area contributed by atoms with Crippen molar-refractivity contribution in [1.82, 2.24) is 4.90 Å². The number of carboxylic acids is 1. The van der Waals surface area contributed by atoms with E-state index in [4.69, 9.17) is 9.47 Å². The molecule has 5 rings (SSSR count). The highest BCUT2D eigenvalue weighted by Gasteiger charge is 2.46. The van der Waals surface area contributed by atoms with Crippen molar-refractivity contribution in [2.45, 2.75) is 18.4 Å². The number of aliphatic carboxylic acids is 1. The summed E-state index contributed by atoms with van der Waals surface area (Å²) in [6.45, 7) is 1.42. The van der Waals surface area contributed by atoms with Crippen LogP contribution in [0.25, 0.3) is 11.1 Å². The zero-order valence-corrected chi connectivity index (χ0v) is 16.0. The Labute approximate surface area is 169 Å². The van der Waals surface area contributed by atoms with E-state index in [1.165, 1.54) is 11.1 Å². The fourth-order valence-corrected chi connectivity index (χ4v) is 5.05. The van der Waals surface area contributed by atoms with Gasteiger partial charge in [-0.05, 0) is 28.7 Å². The Bertz CT molecular complexity index is 912. The monoisotopic (exact) mass is 393 g/mol. The van der Waals surface area contributed by atoms with Gasteiger partial charge in [-0.3, -0.25) is 4.79 Å². The van der Waals surface area contributed by atoms with Crippen molar-refractivity contribution in [3.05, 3.63) is 59.7 Å². The lowest BCUT2D eigenvalue weighted by Crippen LogP contribution is -2.52. The smallest absolute Gasteiger partial charge is 0.409 e. The van der Waals surface area contributed by atoms with Gasteiger partial charge in [0.25, 0.3) is 0 Å². The number of carbonyl (C=O) groups excluding carboxylic acids is 1. The molecule has 3 aliphatic rings. The molecule has 2 saturated heterocycles. The third-order valence-electron chi connectivity index (χ3n) is 6.44. The van der Waals surface area contributed by atoms with E-state index < -0.39 is 18.0 Å². The second-order valence-electron chi connectivity index (χ2n) is 8.04. The van der Waals surface area contributed by atoms with E-state index in [9.17, 15) is 14.7 Å². The molecule has 0 saturated carbocycles. The normalized spacial score (nSPS) is 25.2. The molecule has 0 radical (unpaired) electrons. The average molecular weight is 393 g/mol. The van der Waals surface area contributed by atoms with E-state index in [2.05, 4.69) is 24.3 Å². The summed E-state index contributed by atoms with van der Waals surface area (Å²) in [5, 5.41) is 9.55. The fraction of sp³-hybridized carbons (Fsp3) is 0.391. The third kappa shape index (κ3) is 3.08. The van der Waals surface area contributed by atoms with Crippen LogP contribution < -0.4 is 0 Å². The zero-order valence-electron chi connectivity index (χ0n) is 16.0. The zero-order chi connectivity index (χ0) is 20.0. The van der Waals surface area contributed by atoms with Crippen LogP contribution >= 0.6 is 0 Å². The summed E-state index contributed by atoms with van der Waals surface area (Å²) < 4.78 is 11.3. The molecule has 3 atom stereocenters. The molecule has 2 aromatic rings. The fourth-order valence-electron chi connectivity index (χ4n) is 5.05. The van der Waals surface area contributed by atoms with Crippen LogP contribution in [0, 0.1) is 11.8 Å². The second-order valence-corrected chi connectivity index (χ2v) is 8.04. The van der Waals surface area contributed by atoms with E-state index >= 15 is 0 Å². The highest BCUT2D eigenvalue weighted by atomic mass is 16.6. The Hall–Kier alpha value is -2.86. The molecule has 150 valence electrons. The predicted octanol–water partition coefficient (Wildman–Crippen LogP) is 3.36. The number of carbonyl (C=O) groups is 2. The largest absolute Gasteiger partial charge is 0.481 e. The number of benzene rings is 2. The first-order valence-corrected chi connectivity index (χ1v) is 10.1. The molecule has 0 spiro atoms. The Morgan fingerprint density at radius 1 is 1.03 bits per heavy atom. The topological polar surface area (TPSA) is 76.1 Å². The molecule has 29 heavy (non-hydrogen) atoms. The number of ether oxygens (including phenoxy) is 2. The number of amides is 1. The quantitative estimate of drug-likeness (QED) is 0.865. The molecular formula is C23H23NO5. The lowest BCUT2D eigenvalue weighted by molar-refractivity contribution is -0.150. The first-order valence-electron chi connectivity index (χ1n) is 10.1. The number of likely N-dealkylation sites (tertiary alicyclic amines) is 1. The summed E-state index contributed by atoms with van der Waals surface area (Å²) in [5.41, 5.74) is 4.68. The van der Waals surface area contributed by atoms with Crippen LogP contribution in [-0.4, -0.2) is 54.5 Å². The van der Waals surface area contributed by atoms with Crippen LogP contribution in [0.1, 0.15) is 23.5 Å². The molecule has 0 bridgehead atoms. The Kier molecular flexibility index (Phi) is 4.51. The first-order chi connectivity index (χ1) is 14.1. The van der Waals surface area contributed by atoms with E-state index in [-0.39, 0.29) is 31.1 Å². The van der Waals surface area contributed by atoms with Gasteiger partial charge in [-0.1, -0.05) is 48.5 Å². The molecule has 0 unspecified atom stereocenters. The Balaban J connectivity index is 1.32. The molecule has 2 fully saturated rings. The summed E-state index contributed by atoms with van der Waals surface area (Å²) in [6.07, 6.45) is 0.0373. The van der Waals surface area contributed by atoms with Gasteiger partial charge in [-0.2, -0.15) is 0 Å². The number of hydrogen-bond acceptors (Lipinski definition) is 4. The molecule has 0 aromatic heterocycles. The van der Waals surface area contributed by atoms with Gasteiger partial charge in [0.05, 0.1) is 6.10 Å². The van der Waals surface area contributed by atoms with Crippen molar-refractivity contribution in [3.63, 3.8) is 0 Å². The Morgan fingerprint density at radius 2 is 1.69 bits per heavy atom. The number of piperidine rings is 1. The maximum Gasteiger partial charge on any atom is 0.409 e. The lowest BCUT2D eigenvalue weighted by Gasteiger charge is -2.37. The first kappa shape index (κ1) is 18.2. The summed E-state index contributed by atoms with van der Waals surface area (Å²) in [5.74, 6) is -1.56. The van der Waals surface area contributed by atoms with Crippen molar-refractivity contribution < 1.29 is 24.2 Å². The standard InChI is InChI=1S/C23H23NO5/c25-22(26)19-12-24(11-14-9-10-28-21(14)19)23(27)29-13-20-17-7-3-1-5-15(17)16-6-2-4-8-18(16)20/h1-8,14,19-21H,9-13H2,(H,25,26)/t14-,19+,21+/m0/s1. The number of fused-ring (bicyclic) bond motifs is 4. The van der Waals surface area contributed by atoms with Gasteiger partial charge in [0.15, 0.2) is 0 Å². The maximum atomic E-state index is 12.8. The number of nitrogens with zero attached hydrogens (tertiary/aromatic N) is 1. The minimum Gasteiger partial charge on any atom is -0.481 e. The van der Waals surface area contributed by atoms with Gasteiger partial charge in [0.2, 0.25) is 0 Å². The van der Waals surface area contributed by atoms with E-state index in [1.807, 2.05) is 24.3 Å². The van der Waals surface area contributed by atoms with Crippen LogP contribution in [0.5, 0.6) is 0 Å². The number of hydrogen-bond donors (Lipinski definition) is 1. The molecule has 2 aromatic carbocycles. The van der Waals surface area contributed by atoms with E-state index in [0.717, 1.165) is 17.5 Å². The van der Waals surface area contributed by atoms with Gasteiger partial charge < -0.3 is 19.5 Å². The van der Waals surface area contributed by atoms with Crippen LogP contribution in [0.3, 0.4) is 0 Å². The molecule has 2 aliphatic heterocycles. The number of rotatable bonds is 3. The van der Waals surface area contributed by atoms with Crippen molar-refractivity contribution in [1.29, 1.82) is 0 Å². The van der Waals surface area contributed by atoms with E-state index in [1.54, 1.807) is 4.90 Å². The van der Waals surface area contributed by atoms with Crippen molar-refractivity contribution in [2.75, 3.05) is 26.3 Å². The van der Waals surface area contributed by atoms with Gasteiger partial charge in [0.1, 0.15) is 12.5 Å². The molecule has 2 heterocycles. The molecule has 6 nitrogen and oxygen atoms in total. The SMILES string of the molecule is O=C(O)[C@@H]1CN(C(=O)OCC2c3ccccc3-c3ccccc32)C[C@@H]2CCO[C@H]21. The average Bonchev–Trinajstić information content (AvgIpc) is 3.34. The highest BCUT2D eigenvalue weighted by Crippen LogP contribution is 2.44. The molecule has 1 amide bonds. The van der Waals surface area contributed by atoms with Crippen LogP contribution in [0.2, 0.25) is 0 Å². The minimum absolute atomic E-state index is 0.00558. The van der Waals surface area contributed by atoms with Gasteiger partial charge in [-0.25, -0.2) is 4.79 Å². The Morgan fingerprint density at radius 3 is 2.34 bits per heavy atom. The second kappa shape index (κ2) is 7.19. The minimum atomic E-state index is -0.918. The predicted molar refractivity (Wildman–Crippen MR) is 106 cm³/mol. The van der Waals surface area contributed by atoms with Crippen molar-refractivity contribution in [3.8, 4) is 11.1 Å². The molecule has 1 aliphatic carbocycles. The molecular weight excluding hydrogens is 370 g/mol. The van der Waals surface area contributed by atoms with Crippen LogP contribution in [0.4, 0.5) is 4.79 Å². The van der Waals surface area contributed by atoms with Crippen molar-refractivity contribution >= 4 is 12.1 Å². The highest BCUT2D eigenvalue weighted by molar-refractivity contribution is 5.79. The maximum absolute atomic E-state index is 12.8. The summed E-state index contributed by atoms with van der Waals surface area (Å²) in [7, 11) is 0. The third-order valence-corrected chi connectivity index (χ3v) is 6.44. The van der Waals surface area contributed by atoms with Crippen LogP contribution in [-0.2, 0) is 14.3 Å². The molecule has 6 heteroatoms. The lowest BCUT2D eigenvalue weighted by atomic mass is 9.86. The van der Waals surface area contributed by atoms with Gasteiger partial charge >= 0.3 is 12.1 Å². The van der Waals surface area contributed by atoms with Crippen LogP contribution in [0.15, 0.2) is 48.5 Å². The van der Waals surface area contributed by atoms with Crippen molar-refractivity contribution in [2.24, 2.45) is 11.8 Å². The molecule has 1 N–H and O–H groups in total. The van der Waals surface area contributed by atoms with E-state index in [0.29, 0.717) is 13.2 Å². The number of carboxylic acid groups (broad SMARTS) is 1. The summed E-state index contributed by atoms with van der Waals surface area (Å²) >= 11 is 0. The van der Waals surface area contributed by atoms with Gasteiger partial charge in [-0.15, -0.1) is 0 Å². The van der Waals surface area contributed by atoms with Gasteiger partial charge in [0, 0.05) is 31.5 Å². The summed E-state index contributed by atoms with van der Waals surface area (Å²) in [4.78, 5) is 26.0. The summed E-state index contributed by atoms with van der Waals surface area (Å²) in [6, 6.07) is 16.4.